The summed E-state index contributed by atoms with van der Waals surface area (Å²) in [6.07, 6.45) is -1.32. The van der Waals surface area contributed by atoms with Crippen molar-refractivity contribution < 1.29 is 14.3 Å². The smallest absolute Gasteiger partial charge is 0.409 e. The highest BCUT2D eigenvalue weighted by Gasteiger charge is 2.15. The summed E-state index contributed by atoms with van der Waals surface area (Å²) in [5, 5.41) is 4.90. The van der Waals surface area contributed by atoms with Gasteiger partial charge in [0.1, 0.15) is 6.17 Å². The summed E-state index contributed by atoms with van der Waals surface area (Å²) in [6.45, 7) is 1.95. The molecule has 6 nitrogen and oxygen atoms in total. The van der Waals surface area contributed by atoms with Gasteiger partial charge in [0, 0.05) is 0 Å². The maximum Gasteiger partial charge on any atom is 0.409 e. The number of carbonyl (C=O) groups is 2. The molecule has 4 N–H and O–H groups in total. The first-order chi connectivity index (χ1) is 8.13. The van der Waals surface area contributed by atoms with Crippen molar-refractivity contribution in [3.05, 3.63) is 35.9 Å². The standard InChI is InChI=1S/C11H15N3O3/c1-2-17-11(16)14-9(13-10(12)15)8-6-4-3-5-7-8/h3-7,9H,2H2,1H3,(H,14,16)(H3,12,13,15)/t9-/m0/s1. The van der Waals surface area contributed by atoms with Crippen LogP contribution in [0, 0.1) is 0 Å². The SMILES string of the molecule is CCOC(=O)N[C@H](NC(N)=O)c1ccccc1. The number of nitrogens with two attached hydrogens (primary N) is 1. The van der Waals surface area contributed by atoms with Gasteiger partial charge >= 0.3 is 12.1 Å². The minimum Gasteiger partial charge on any atom is -0.450 e. The Morgan fingerprint density at radius 3 is 2.47 bits per heavy atom. The van der Waals surface area contributed by atoms with Crippen LogP contribution in [-0.4, -0.2) is 18.7 Å². The van der Waals surface area contributed by atoms with Gasteiger partial charge < -0.3 is 15.8 Å². The number of urea groups is 1. The minimum absolute atomic E-state index is 0.254. The van der Waals surface area contributed by atoms with Gasteiger partial charge in [-0.3, -0.25) is 5.32 Å². The molecule has 92 valence electrons. The number of ether oxygens (including phenoxy) is 1. The maximum absolute atomic E-state index is 11.3. The maximum atomic E-state index is 11.3. The van der Waals surface area contributed by atoms with Gasteiger partial charge in [-0.25, -0.2) is 9.59 Å². The lowest BCUT2D eigenvalue weighted by atomic mass is 10.2. The lowest BCUT2D eigenvalue weighted by Gasteiger charge is -2.18. The molecule has 0 aliphatic heterocycles. The second-order valence-corrected chi connectivity index (χ2v) is 3.22. The third-order valence-electron chi connectivity index (χ3n) is 1.96. The highest BCUT2D eigenvalue weighted by atomic mass is 16.5. The number of nitrogens with one attached hydrogen (secondary N) is 2. The Morgan fingerprint density at radius 1 is 1.29 bits per heavy atom. The Balaban J connectivity index is 2.74. The molecule has 0 aliphatic carbocycles. The predicted octanol–water partition coefficient (Wildman–Crippen LogP) is 1.10. The van der Waals surface area contributed by atoms with E-state index in [-0.39, 0.29) is 6.61 Å². The van der Waals surface area contributed by atoms with Crippen LogP contribution >= 0.6 is 0 Å². The van der Waals surface area contributed by atoms with Crippen LogP contribution in [0.4, 0.5) is 9.59 Å². The zero-order valence-corrected chi connectivity index (χ0v) is 9.47. The number of carbonyl (C=O) groups excluding carboxylic acids is 2. The molecule has 0 radical (unpaired) electrons. The fourth-order valence-corrected chi connectivity index (χ4v) is 1.28. The van der Waals surface area contributed by atoms with E-state index >= 15 is 0 Å². The number of benzene rings is 1. The van der Waals surface area contributed by atoms with Crippen molar-refractivity contribution in [2.75, 3.05) is 6.61 Å². The molecule has 0 heterocycles. The molecule has 17 heavy (non-hydrogen) atoms. The van der Waals surface area contributed by atoms with Gasteiger partial charge in [0.25, 0.3) is 0 Å². The van der Waals surface area contributed by atoms with Crippen molar-refractivity contribution >= 4 is 12.1 Å². The number of amides is 3. The third kappa shape index (κ3) is 4.42. The summed E-state index contributed by atoms with van der Waals surface area (Å²) in [5.41, 5.74) is 5.75. The molecule has 0 aliphatic rings. The van der Waals surface area contributed by atoms with Crippen LogP contribution in [0.1, 0.15) is 18.7 Å². The molecule has 3 amide bonds. The molecule has 1 aromatic rings. The largest absolute Gasteiger partial charge is 0.450 e. The molecule has 0 saturated carbocycles. The minimum atomic E-state index is -0.726. The molecule has 1 atom stereocenters. The summed E-state index contributed by atoms with van der Waals surface area (Å²) in [4.78, 5) is 22.1. The Kier molecular flexibility index (Phi) is 4.80. The van der Waals surface area contributed by atoms with Gasteiger partial charge in [0.15, 0.2) is 0 Å². The van der Waals surface area contributed by atoms with Crippen LogP contribution in [0.25, 0.3) is 0 Å². The van der Waals surface area contributed by atoms with Gasteiger partial charge in [-0.2, -0.15) is 0 Å². The number of primary amides is 1. The Labute approximate surface area is 99.1 Å². The molecule has 1 aromatic carbocycles. The molecule has 0 saturated heterocycles. The molecular formula is C11H15N3O3. The second kappa shape index (κ2) is 6.37. The van der Waals surface area contributed by atoms with Crippen molar-refractivity contribution in [2.45, 2.75) is 13.1 Å². The fraction of sp³-hybridized carbons (Fsp3) is 0.273. The molecule has 0 bridgehead atoms. The number of hydrogen-bond donors (Lipinski definition) is 3. The highest BCUT2D eigenvalue weighted by Crippen LogP contribution is 2.09. The zero-order chi connectivity index (χ0) is 12.7. The molecule has 1 rings (SSSR count). The van der Waals surface area contributed by atoms with Crippen LogP contribution in [0.2, 0.25) is 0 Å². The number of hydrogen-bond acceptors (Lipinski definition) is 3. The van der Waals surface area contributed by atoms with Crippen molar-refractivity contribution in [1.29, 1.82) is 0 Å². The van der Waals surface area contributed by atoms with Crippen LogP contribution in [0.5, 0.6) is 0 Å². The van der Waals surface area contributed by atoms with E-state index in [1.807, 2.05) is 6.07 Å². The van der Waals surface area contributed by atoms with E-state index in [0.717, 1.165) is 0 Å². The van der Waals surface area contributed by atoms with Gasteiger partial charge in [0.2, 0.25) is 0 Å². The quantitative estimate of drug-likeness (QED) is 0.684. The molecular weight excluding hydrogens is 222 g/mol. The molecule has 0 aromatic heterocycles. The summed E-state index contributed by atoms with van der Waals surface area (Å²) in [7, 11) is 0. The average molecular weight is 237 g/mol. The summed E-state index contributed by atoms with van der Waals surface area (Å²) in [5.74, 6) is 0. The van der Waals surface area contributed by atoms with Crippen LogP contribution in [-0.2, 0) is 4.74 Å². The molecule has 0 unspecified atom stereocenters. The Hall–Kier alpha value is -2.24. The predicted molar refractivity (Wildman–Crippen MR) is 62.1 cm³/mol. The van der Waals surface area contributed by atoms with Gasteiger partial charge in [0.05, 0.1) is 6.61 Å². The lowest BCUT2D eigenvalue weighted by Crippen LogP contribution is -2.43. The highest BCUT2D eigenvalue weighted by molar-refractivity contribution is 5.74. The van der Waals surface area contributed by atoms with Gasteiger partial charge in [-0.15, -0.1) is 0 Å². The first-order valence-electron chi connectivity index (χ1n) is 5.17. The fourth-order valence-electron chi connectivity index (χ4n) is 1.28. The first kappa shape index (κ1) is 12.8. The second-order valence-electron chi connectivity index (χ2n) is 3.22. The first-order valence-corrected chi connectivity index (χ1v) is 5.17. The summed E-state index contributed by atoms with van der Waals surface area (Å²) in [6, 6.07) is 8.19. The Bertz CT molecular complexity index is 381. The van der Waals surface area contributed by atoms with Crippen molar-refractivity contribution in [3.8, 4) is 0 Å². The molecule has 6 heteroatoms. The van der Waals surface area contributed by atoms with E-state index in [1.54, 1.807) is 31.2 Å². The zero-order valence-electron chi connectivity index (χ0n) is 9.47. The van der Waals surface area contributed by atoms with Crippen LogP contribution < -0.4 is 16.4 Å². The number of rotatable bonds is 4. The summed E-state index contributed by atoms with van der Waals surface area (Å²) >= 11 is 0. The Morgan fingerprint density at radius 2 is 1.94 bits per heavy atom. The third-order valence-corrected chi connectivity index (χ3v) is 1.96. The topological polar surface area (TPSA) is 93.4 Å². The van der Waals surface area contributed by atoms with Gasteiger partial charge in [-0.05, 0) is 12.5 Å². The monoisotopic (exact) mass is 237 g/mol. The van der Waals surface area contributed by atoms with E-state index in [9.17, 15) is 9.59 Å². The van der Waals surface area contributed by atoms with E-state index in [1.165, 1.54) is 0 Å². The molecule has 0 spiro atoms. The number of alkyl carbamates (subject to hydrolysis) is 1. The van der Waals surface area contributed by atoms with E-state index in [2.05, 4.69) is 10.6 Å². The van der Waals surface area contributed by atoms with E-state index in [0.29, 0.717) is 5.56 Å². The summed E-state index contributed by atoms with van der Waals surface area (Å²) < 4.78 is 4.73. The van der Waals surface area contributed by atoms with Crippen molar-refractivity contribution in [2.24, 2.45) is 5.73 Å². The normalized spacial score (nSPS) is 11.4. The lowest BCUT2D eigenvalue weighted by molar-refractivity contribution is 0.146. The molecule has 0 fully saturated rings. The van der Waals surface area contributed by atoms with Gasteiger partial charge in [-0.1, -0.05) is 30.3 Å². The van der Waals surface area contributed by atoms with Crippen molar-refractivity contribution in [1.82, 2.24) is 10.6 Å². The van der Waals surface area contributed by atoms with Crippen molar-refractivity contribution in [3.63, 3.8) is 0 Å². The van der Waals surface area contributed by atoms with Crippen LogP contribution in [0.15, 0.2) is 30.3 Å². The van der Waals surface area contributed by atoms with E-state index < -0.39 is 18.3 Å². The van der Waals surface area contributed by atoms with E-state index in [4.69, 9.17) is 10.5 Å². The van der Waals surface area contributed by atoms with Crippen LogP contribution in [0.3, 0.4) is 0 Å². The average Bonchev–Trinajstić information content (AvgIpc) is 2.29.